The number of nitrogens with zero attached hydrogens (tertiary/aromatic N) is 2. The van der Waals surface area contributed by atoms with Gasteiger partial charge in [-0.1, -0.05) is 0 Å². The lowest BCUT2D eigenvalue weighted by molar-refractivity contribution is 0.621. The zero-order valence-corrected chi connectivity index (χ0v) is 12.1. The van der Waals surface area contributed by atoms with Gasteiger partial charge in [-0.15, -0.1) is 0 Å². The molecule has 18 heavy (non-hydrogen) atoms. The van der Waals surface area contributed by atoms with Crippen LogP contribution in [0.1, 0.15) is 5.69 Å². The van der Waals surface area contributed by atoms with Crippen LogP contribution in [0.4, 0.5) is 15.8 Å². The number of nitrogens with one attached hydrogen (secondary N) is 1. The van der Waals surface area contributed by atoms with E-state index < -0.39 is 0 Å². The quantitative estimate of drug-likeness (QED) is 0.651. The molecule has 2 rings (SSSR count). The molecule has 1 aromatic carbocycles. The molecule has 0 spiro atoms. The zero-order chi connectivity index (χ0) is 13.1. The lowest BCUT2D eigenvalue weighted by Crippen LogP contribution is -2.08. The van der Waals surface area contributed by atoms with E-state index in [2.05, 4.69) is 10.4 Å². The molecule has 4 nitrogen and oxygen atoms in total. The van der Waals surface area contributed by atoms with Crippen molar-refractivity contribution < 1.29 is 4.39 Å². The molecule has 0 aliphatic carbocycles. The minimum atomic E-state index is -0.259. The van der Waals surface area contributed by atoms with E-state index in [-0.39, 0.29) is 5.82 Å². The average molecular weight is 360 g/mol. The van der Waals surface area contributed by atoms with Gasteiger partial charge in [0.15, 0.2) is 0 Å². The minimum Gasteiger partial charge on any atom is -0.397 e. The van der Waals surface area contributed by atoms with Crippen LogP contribution in [0.5, 0.6) is 0 Å². The van der Waals surface area contributed by atoms with Gasteiger partial charge in [0.05, 0.1) is 20.6 Å². The van der Waals surface area contributed by atoms with Crippen LogP contribution in [0.3, 0.4) is 0 Å². The van der Waals surface area contributed by atoms with Crippen molar-refractivity contribution in [3.63, 3.8) is 0 Å². The summed E-state index contributed by atoms with van der Waals surface area (Å²) in [7, 11) is 1.88. The largest absolute Gasteiger partial charge is 0.397 e. The highest BCUT2D eigenvalue weighted by Gasteiger charge is 2.05. The number of hydrogen-bond donors (Lipinski definition) is 2. The van der Waals surface area contributed by atoms with Crippen LogP contribution in [0, 0.1) is 9.39 Å². The summed E-state index contributed by atoms with van der Waals surface area (Å²) < 4.78 is 15.7. The van der Waals surface area contributed by atoms with Crippen molar-refractivity contribution in [1.29, 1.82) is 0 Å². The number of nitrogens with two attached hydrogens (primary N) is 1. The Bertz CT molecular complexity index is 553. The topological polar surface area (TPSA) is 55.9 Å². The maximum atomic E-state index is 13.4. The predicted octanol–water partition coefficient (Wildman–Crippen LogP) is 2.40. The lowest BCUT2D eigenvalue weighted by atomic mass is 10.2. The van der Waals surface area contributed by atoms with Crippen LogP contribution >= 0.6 is 22.6 Å². The SMILES string of the molecule is Cn1ccc(CCNc2cc(F)c(I)cc2N)n1. The van der Waals surface area contributed by atoms with Crippen LogP contribution in [0.15, 0.2) is 24.4 Å². The molecule has 0 atom stereocenters. The number of benzene rings is 1. The van der Waals surface area contributed by atoms with Gasteiger partial charge >= 0.3 is 0 Å². The van der Waals surface area contributed by atoms with E-state index in [9.17, 15) is 4.39 Å². The van der Waals surface area contributed by atoms with Crippen LogP contribution in [-0.2, 0) is 13.5 Å². The molecule has 2 aromatic rings. The van der Waals surface area contributed by atoms with Gasteiger partial charge < -0.3 is 11.1 Å². The van der Waals surface area contributed by atoms with Gasteiger partial charge in [0.2, 0.25) is 0 Å². The van der Waals surface area contributed by atoms with Gasteiger partial charge in [0.1, 0.15) is 5.82 Å². The molecular weight excluding hydrogens is 346 g/mol. The number of anilines is 2. The smallest absolute Gasteiger partial charge is 0.138 e. The Morgan fingerprint density at radius 3 is 2.94 bits per heavy atom. The van der Waals surface area contributed by atoms with Crippen LogP contribution in [-0.4, -0.2) is 16.3 Å². The lowest BCUT2D eigenvalue weighted by Gasteiger charge is -2.09. The second-order valence-corrected chi connectivity index (χ2v) is 5.17. The maximum absolute atomic E-state index is 13.4. The first-order chi connectivity index (χ1) is 8.56. The van der Waals surface area contributed by atoms with Crippen molar-refractivity contribution in [3.8, 4) is 0 Å². The summed E-state index contributed by atoms with van der Waals surface area (Å²) >= 11 is 1.92. The molecule has 3 N–H and O–H groups in total. The third-order valence-electron chi connectivity index (χ3n) is 2.56. The first kappa shape index (κ1) is 13.1. The van der Waals surface area contributed by atoms with Crippen molar-refractivity contribution in [2.24, 2.45) is 7.05 Å². The number of rotatable bonds is 4. The standard InChI is InChI=1S/C12H14FIN4/c1-18-5-3-8(17-18)2-4-16-12-6-9(13)10(14)7-11(12)15/h3,5-7,16H,2,4,15H2,1H3. The van der Waals surface area contributed by atoms with Crippen molar-refractivity contribution in [1.82, 2.24) is 9.78 Å². The summed E-state index contributed by atoms with van der Waals surface area (Å²) in [4.78, 5) is 0. The highest BCUT2D eigenvalue weighted by atomic mass is 127. The minimum absolute atomic E-state index is 0.259. The highest BCUT2D eigenvalue weighted by molar-refractivity contribution is 14.1. The van der Waals surface area contributed by atoms with Crippen LogP contribution in [0.25, 0.3) is 0 Å². The Labute approximate surface area is 119 Å². The first-order valence-corrected chi connectivity index (χ1v) is 6.61. The Morgan fingerprint density at radius 2 is 2.28 bits per heavy atom. The molecule has 0 saturated carbocycles. The number of halogens is 2. The molecule has 0 bridgehead atoms. The molecule has 0 saturated heterocycles. The summed E-state index contributed by atoms with van der Waals surface area (Å²) in [6.07, 6.45) is 2.67. The third kappa shape index (κ3) is 3.12. The summed E-state index contributed by atoms with van der Waals surface area (Å²) in [6, 6.07) is 5.01. The van der Waals surface area contributed by atoms with Crippen molar-refractivity contribution in [2.45, 2.75) is 6.42 Å². The van der Waals surface area contributed by atoms with Gasteiger partial charge in [-0.05, 0) is 34.7 Å². The Morgan fingerprint density at radius 1 is 1.50 bits per heavy atom. The van der Waals surface area contributed by atoms with Gasteiger partial charge in [0, 0.05) is 32.3 Å². The molecule has 1 heterocycles. The van der Waals surface area contributed by atoms with E-state index in [0.29, 0.717) is 21.5 Å². The van der Waals surface area contributed by atoms with Gasteiger partial charge in [-0.25, -0.2) is 4.39 Å². The first-order valence-electron chi connectivity index (χ1n) is 5.53. The molecular formula is C12H14FIN4. The van der Waals surface area contributed by atoms with Gasteiger partial charge in [-0.3, -0.25) is 4.68 Å². The van der Waals surface area contributed by atoms with E-state index in [4.69, 9.17) is 5.73 Å². The predicted molar refractivity (Wildman–Crippen MR) is 78.9 cm³/mol. The zero-order valence-electron chi connectivity index (χ0n) is 9.95. The number of hydrogen-bond acceptors (Lipinski definition) is 3. The molecule has 0 unspecified atom stereocenters. The summed E-state index contributed by atoms with van der Waals surface area (Å²) in [5, 5.41) is 7.39. The van der Waals surface area contributed by atoms with Gasteiger partial charge in [0.25, 0.3) is 0 Å². The van der Waals surface area contributed by atoms with E-state index in [1.165, 1.54) is 6.07 Å². The second kappa shape index (κ2) is 5.55. The molecule has 6 heteroatoms. The molecule has 0 aliphatic heterocycles. The maximum Gasteiger partial charge on any atom is 0.138 e. The number of aryl methyl sites for hydroxylation is 1. The third-order valence-corrected chi connectivity index (χ3v) is 3.38. The monoisotopic (exact) mass is 360 g/mol. The van der Waals surface area contributed by atoms with E-state index in [1.807, 2.05) is 41.9 Å². The Kier molecular flexibility index (Phi) is 4.05. The molecule has 96 valence electrons. The van der Waals surface area contributed by atoms with E-state index in [0.717, 1.165) is 12.1 Å². The Balaban J connectivity index is 1.96. The average Bonchev–Trinajstić information content (AvgIpc) is 2.71. The molecule has 0 amide bonds. The van der Waals surface area contributed by atoms with E-state index >= 15 is 0 Å². The van der Waals surface area contributed by atoms with Crippen molar-refractivity contribution >= 4 is 34.0 Å². The fourth-order valence-electron chi connectivity index (χ4n) is 1.64. The summed E-state index contributed by atoms with van der Waals surface area (Å²) in [5.74, 6) is -0.259. The van der Waals surface area contributed by atoms with Gasteiger partial charge in [-0.2, -0.15) is 5.10 Å². The second-order valence-electron chi connectivity index (χ2n) is 4.01. The highest BCUT2D eigenvalue weighted by Crippen LogP contribution is 2.23. The summed E-state index contributed by atoms with van der Waals surface area (Å²) in [5.41, 5.74) is 8.00. The Hall–Kier alpha value is -1.31. The van der Waals surface area contributed by atoms with Crippen LogP contribution < -0.4 is 11.1 Å². The summed E-state index contributed by atoms with van der Waals surface area (Å²) in [6.45, 7) is 0.668. The van der Waals surface area contributed by atoms with Crippen LogP contribution in [0.2, 0.25) is 0 Å². The molecule has 0 fully saturated rings. The molecule has 0 aliphatic rings. The normalized spacial score (nSPS) is 10.6. The van der Waals surface area contributed by atoms with E-state index in [1.54, 1.807) is 10.7 Å². The fraction of sp³-hybridized carbons (Fsp3) is 0.250. The molecule has 1 aromatic heterocycles. The van der Waals surface area contributed by atoms with Crippen molar-refractivity contribution in [3.05, 3.63) is 39.5 Å². The number of aromatic nitrogens is 2. The fourth-order valence-corrected chi connectivity index (χ4v) is 2.13. The molecule has 0 radical (unpaired) electrons. The van der Waals surface area contributed by atoms with Crippen molar-refractivity contribution in [2.75, 3.05) is 17.6 Å². The number of nitrogen functional groups attached to an aromatic ring is 1.